The number of anilines is 1. The molecular formula is C12H16N4O. The van der Waals surface area contributed by atoms with Gasteiger partial charge in [0.05, 0.1) is 5.69 Å². The van der Waals surface area contributed by atoms with Crippen LogP contribution in [0.5, 0.6) is 0 Å². The SMILES string of the molecule is N=C(N)c1ccccc1NC(=O)N1CCCC1. The maximum Gasteiger partial charge on any atom is 0.321 e. The van der Waals surface area contributed by atoms with E-state index in [0.29, 0.717) is 11.3 Å². The number of hydrogen-bond acceptors (Lipinski definition) is 2. The largest absolute Gasteiger partial charge is 0.384 e. The van der Waals surface area contributed by atoms with Crippen molar-refractivity contribution in [3.05, 3.63) is 29.8 Å². The Balaban J connectivity index is 2.12. The number of nitrogens with zero attached hydrogens (tertiary/aromatic N) is 1. The Morgan fingerprint density at radius 2 is 1.94 bits per heavy atom. The number of nitrogens with one attached hydrogen (secondary N) is 2. The summed E-state index contributed by atoms with van der Waals surface area (Å²) in [5, 5.41) is 10.2. The number of rotatable bonds is 2. The molecule has 5 heteroatoms. The molecule has 4 N–H and O–H groups in total. The molecule has 90 valence electrons. The average Bonchev–Trinajstić information content (AvgIpc) is 2.83. The van der Waals surface area contributed by atoms with Crippen LogP contribution in [0.2, 0.25) is 0 Å². The summed E-state index contributed by atoms with van der Waals surface area (Å²) in [5.41, 5.74) is 6.61. The van der Waals surface area contributed by atoms with Crippen molar-refractivity contribution in [3.63, 3.8) is 0 Å². The lowest BCUT2D eigenvalue weighted by Gasteiger charge is -2.17. The summed E-state index contributed by atoms with van der Waals surface area (Å²) in [7, 11) is 0. The summed E-state index contributed by atoms with van der Waals surface area (Å²) >= 11 is 0. The van der Waals surface area contributed by atoms with Gasteiger partial charge in [-0.25, -0.2) is 4.79 Å². The Morgan fingerprint density at radius 1 is 1.29 bits per heavy atom. The summed E-state index contributed by atoms with van der Waals surface area (Å²) in [6.45, 7) is 1.60. The predicted octanol–water partition coefficient (Wildman–Crippen LogP) is 1.60. The van der Waals surface area contributed by atoms with Crippen LogP contribution in [0.3, 0.4) is 0 Å². The fourth-order valence-corrected chi connectivity index (χ4v) is 1.94. The summed E-state index contributed by atoms with van der Waals surface area (Å²) in [6, 6.07) is 6.97. The van der Waals surface area contributed by atoms with Crippen LogP contribution in [0, 0.1) is 5.41 Å². The first-order chi connectivity index (χ1) is 8.18. The third-order valence-electron chi connectivity index (χ3n) is 2.85. The van der Waals surface area contributed by atoms with E-state index in [1.807, 2.05) is 6.07 Å². The number of carbonyl (C=O) groups excluding carboxylic acids is 1. The molecule has 1 aromatic rings. The molecular weight excluding hydrogens is 216 g/mol. The monoisotopic (exact) mass is 232 g/mol. The normalized spacial score (nSPS) is 14.7. The number of likely N-dealkylation sites (tertiary alicyclic amines) is 1. The van der Waals surface area contributed by atoms with Crippen molar-refractivity contribution in [3.8, 4) is 0 Å². The van der Waals surface area contributed by atoms with Gasteiger partial charge < -0.3 is 16.0 Å². The van der Waals surface area contributed by atoms with Gasteiger partial charge in [0.2, 0.25) is 0 Å². The summed E-state index contributed by atoms with van der Waals surface area (Å²) < 4.78 is 0. The first kappa shape index (κ1) is 11.4. The number of para-hydroxylation sites is 1. The Hall–Kier alpha value is -2.04. The minimum Gasteiger partial charge on any atom is -0.384 e. The number of amidine groups is 1. The molecule has 1 fully saturated rings. The van der Waals surface area contributed by atoms with Gasteiger partial charge in [-0.2, -0.15) is 0 Å². The summed E-state index contributed by atoms with van der Waals surface area (Å²) in [6.07, 6.45) is 2.11. The quantitative estimate of drug-likeness (QED) is 0.534. The Labute approximate surface area is 100 Å². The molecule has 0 aromatic heterocycles. The van der Waals surface area contributed by atoms with E-state index in [2.05, 4.69) is 5.32 Å². The van der Waals surface area contributed by atoms with E-state index in [1.54, 1.807) is 23.1 Å². The molecule has 2 amide bonds. The van der Waals surface area contributed by atoms with Gasteiger partial charge >= 0.3 is 6.03 Å². The second-order valence-electron chi connectivity index (χ2n) is 4.08. The summed E-state index contributed by atoms with van der Waals surface area (Å²) in [4.78, 5) is 13.7. The molecule has 1 heterocycles. The zero-order chi connectivity index (χ0) is 12.3. The maximum atomic E-state index is 11.9. The van der Waals surface area contributed by atoms with Crippen molar-refractivity contribution in [2.24, 2.45) is 5.73 Å². The zero-order valence-corrected chi connectivity index (χ0v) is 9.57. The van der Waals surface area contributed by atoms with E-state index in [4.69, 9.17) is 11.1 Å². The van der Waals surface area contributed by atoms with Crippen LogP contribution < -0.4 is 11.1 Å². The van der Waals surface area contributed by atoms with Crippen molar-refractivity contribution < 1.29 is 4.79 Å². The average molecular weight is 232 g/mol. The molecule has 1 saturated heterocycles. The van der Waals surface area contributed by atoms with Gasteiger partial charge in [0.25, 0.3) is 0 Å². The van der Waals surface area contributed by atoms with Crippen molar-refractivity contribution in [2.75, 3.05) is 18.4 Å². The van der Waals surface area contributed by atoms with Gasteiger partial charge in [0.1, 0.15) is 5.84 Å². The van der Waals surface area contributed by atoms with Crippen LogP contribution in [-0.4, -0.2) is 29.9 Å². The minimum absolute atomic E-state index is 0.0395. The molecule has 0 atom stereocenters. The molecule has 0 unspecified atom stereocenters. The molecule has 17 heavy (non-hydrogen) atoms. The number of hydrogen-bond donors (Lipinski definition) is 3. The van der Waals surface area contributed by atoms with Gasteiger partial charge in [0.15, 0.2) is 0 Å². The van der Waals surface area contributed by atoms with Gasteiger partial charge in [-0.05, 0) is 25.0 Å². The van der Waals surface area contributed by atoms with Crippen molar-refractivity contribution >= 4 is 17.6 Å². The van der Waals surface area contributed by atoms with Gasteiger partial charge in [-0.1, -0.05) is 12.1 Å². The molecule has 5 nitrogen and oxygen atoms in total. The van der Waals surface area contributed by atoms with E-state index in [-0.39, 0.29) is 11.9 Å². The number of nitrogen functional groups attached to an aromatic ring is 1. The Morgan fingerprint density at radius 3 is 2.59 bits per heavy atom. The standard InChI is InChI=1S/C12H16N4O/c13-11(14)9-5-1-2-6-10(9)15-12(17)16-7-3-4-8-16/h1-2,5-6H,3-4,7-8H2,(H3,13,14)(H,15,17). The van der Waals surface area contributed by atoms with E-state index < -0.39 is 0 Å². The molecule has 1 aliphatic rings. The lowest BCUT2D eigenvalue weighted by molar-refractivity contribution is 0.222. The van der Waals surface area contributed by atoms with Crippen LogP contribution in [0.1, 0.15) is 18.4 Å². The lowest BCUT2D eigenvalue weighted by Crippen LogP contribution is -2.32. The molecule has 0 aliphatic carbocycles. The number of amides is 2. The maximum absolute atomic E-state index is 11.9. The van der Waals surface area contributed by atoms with Crippen molar-refractivity contribution in [1.82, 2.24) is 4.90 Å². The van der Waals surface area contributed by atoms with Gasteiger partial charge in [0, 0.05) is 18.7 Å². The molecule has 0 radical (unpaired) electrons. The Kier molecular flexibility index (Phi) is 3.27. The fraction of sp³-hybridized carbons (Fsp3) is 0.333. The van der Waals surface area contributed by atoms with Crippen LogP contribution in [-0.2, 0) is 0 Å². The first-order valence-electron chi connectivity index (χ1n) is 5.68. The zero-order valence-electron chi connectivity index (χ0n) is 9.57. The topological polar surface area (TPSA) is 82.2 Å². The van der Waals surface area contributed by atoms with Crippen molar-refractivity contribution in [2.45, 2.75) is 12.8 Å². The smallest absolute Gasteiger partial charge is 0.321 e. The fourth-order valence-electron chi connectivity index (χ4n) is 1.94. The van der Waals surface area contributed by atoms with Crippen LogP contribution in [0.4, 0.5) is 10.5 Å². The lowest BCUT2D eigenvalue weighted by atomic mass is 10.1. The highest BCUT2D eigenvalue weighted by Crippen LogP contribution is 2.16. The van der Waals surface area contributed by atoms with Crippen molar-refractivity contribution in [1.29, 1.82) is 5.41 Å². The second-order valence-corrected chi connectivity index (χ2v) is 4.08. The van der Waals surface area contributed by atoms with Crippen LogP contribution in [0.15, 0.2) is 24.3 Å². The highest BCUT2D eigenvalue weighted by atomic mass is 16.2. The first-order valence-corrected chi connectivity index (χ1v) is 5.68. The molecule has 0 bridgehead atoms. The third-order valence-corrected chi connectivity index (χ3v) is 2.85. The van der Waals surface area contributed by atoms with E-state index in [1.165, 1.54) is 0 Å². The van der Waals surface area contributed by atoms with E-state index >= 15 is 0 Å². The number of nitrogens with two attached hydrogens (primary N) is 1. The molecule has 0 saturated carbocycles. The second kappa shape index (κ2) is 4.86. The van der Waals surface area contributed by atoms with Gasteiger partial charge in [-0.3, -0.25) is 5.41 Å². The van der Waals surface area contributed by atoms with E-state index in [9.17, 15) is 4.79 Å². The Bertz CT molecular complexity index is 438. The minimum atomic E-state index is -0.115. The third kappa shape index (κ3) is 2.55. The summed E-state index contributed by atoms with van der Waals surface area (Å²) in [5.74, 6) is -0.0395. The highest BCUT2D eigenvalue weighted by molar-refractivity contribution is 6.03. The molecule has 1 aliphatic heterocycles. The number of urea groups is 1. The molecule has 2 rings (SSSR count). The van der Waals surface area contributed by atoms with E-state index in [0.717, 1.165) is 25.9 Å². The molecule has 0 spiro atoms. The number of benzene rings is 1. The highest BCUT2D eigenvalue weighted by Gasteiger charge is 2.18. The predicted molar refractivity (Wildman–Crippen MR) is 67.3 cm³/mol. The number of carbonyl (C=O) groups is 1. The van der Waals surface area contributed by atoms with Crippen LogP contribution >= 0.6 is 0 Å². The molecule has 1 aromatic carbocycles. The van der Waals surface area contributed by atoms with Gasteiger partial charge in [-0.15, -0.1) is 0 Å². The van der Waals surface area contributed by atoms with Crippen LogP contribution in [0.25, 0.3) is 0 Å².